The number of aldehydes is 1. The number of hydrogen-bond acceptors (Lipinski definition) is 9. The van der Waals surface area contributed by atoms with Crippen molar-refractivity contribution < 1.29 is 19.1 Å². The van der Waals surface area contributed by atoms with E-state index in [1.54, 1.807) is 43.3 Å². The molecule has 0 radical (unpaired) electrons. The molecular weight excluding hydrogens is 314 g/mol. The number of carbonyl (C=O) groups is 2. The number of benzene rings is 1. The van der Waals surface area contributed by atoms with E-state index in [2.05, 4.69) is 15.0 Å². The third-order valence-electron chi connectivity index (χ3n) is 2.84. The topological polar surface area (TPSA) is 121 Å². The fourth-order valence-corrected chi connectivity index (χ4v) is 1.72. The molecule has 9 nitrogen and oxygen atoms in total. The first-order chi connectivity index (χ1) is 11.5. The van der Waals surface area contributed by atoms with Crippen LogP contribution in [0.3, 0.4) is 0 Å². The number of rotatable bonds is 7. The maximum atomic E-state index is 11.7. The number of nitrogen functional groups attached to an aromatic ring is 1. The molecule has 0 amide bonds. The van der Waals surface area contributed by atoms with Gasteiger partial charge in [-0.15, -0.1) is 0 Å². The van der Waals surface area contributed by atoms with Crippen molar-refractivity contribution in [3.63, 3.8) is 0 Å². The van der Waals surface area contributed by atoms with E-state index in [1.165, 1.54) is 0 Å². The van der Waals surface area contributed by atoms with Crippen LogP contribution in [0.25, 0.3) is 0 Å². The van der Waals surface area contributed by atoms with Crippen LogP contribution in [0.1, 0.15) is 16.2 Å². The zero-order valence-electron chi connectivity index (χ0n) is 13.3. The Kier molecular flexibility index (Phi) is 5.61. The molecule has 24 heavy (non-hydrogen) atoms. The summed E-state index contributed by atoms with van der Waals surface area (Å²) >= 11 is 0. The Bertz CT molecular complexity index is 736. The van der Waals surface area contributed by atoms with Crippen molar-refractivity contribution in [1.82, 2.24) is 15.0 Å². The molecular formula is C15H17N5O4. The number of carbonyl (C=O) groups excluding carboxylic acids is 2. The quantitative estimate of drug-likeness (QED) is 0.569. The van der Waals surface area contributed by atoms with Crippen LogP contribution in [-0.4, -0.2) is 47.9 Å². The number of para-hydroxylation sites is 1. The van der Waals surface area contributed by atoms with Gasteiger partial charge in [-0.1, -0.05) is 12.1 Å². The van der Waals surface area contributed by atoms with Gasteiger partial charge in [-0.2, -0.15) is 15.0 Å². The standard InChI is InChI=1S/C15H17N5O4/c1-20(2)15-18-12(17-14(16)19-15)8-24-13(22)9-23-11-6-4-3-5-10(11)7-21/h3-7H,8-9H2,1-2H3,(H2,16,17,18,19). The molecule has 9 heteroatoms. The summed E-state index contributed by atoms with van der Waals surface area (Å²) < 4.78 is 10.3. The Labute approximate surface area is 138 Å². The summed E-state index contributed by atoms with van der Waals surface area (Å²) in [5.41, 5.74) is 5.94. The van der Waals surface area contributed by atoms with Crippen LogP contribution in [0, 0.1) is 0 Å². The van der Waals surface area contributed by atoms with E-state index < -0.39 is 5.97 Å². The Morgan fingerprint density at radius 2 is 2.00 bits per heavy atom. The summed E-state index contributed by atoms with van der Waals surface area (Å²) in [4.78, 5) is 36.2. The highest BCUT2D eigenvalue weighted by Crippen LogP contribution is 2.15. The molecule has 2 rings (SSSR count). The van der Waals surface area contributed by atoms with E-state index in [0.717, 1.165) is 0 Å². The highest BCUT2D eigenvalue weighted by atomic mass is 16.6. The van der Waals surface area contributed by atoms with Gasteiger partial charge < -0.3 is 20.1 Å². The number of nitrogens with zero attached hydrogens (tertiary/aromatic N) is 4. The largest absolute Gasteiger partial charge is 0.481 e. The van der Waals surface area contributed by atoms with Crippen molar-refractivity contribution >= 4 is 24.2 Å². The van der Waals surface area contributed by atoms with Gasteiger partial charge in [0.15, 0.2) is 25.3 Å². The van der Waals surface area contributed by atoms with Crippen molar-refractivity contribution in [3.05, 3.63) is 35.7 Å². The molecule has 0 unspecified atom stereocenters. The minimum absolute atomic E-state index is 0.0379. The van der Waals surface area contributed by atoms with E-state index in [4.69, 9.17) is 15.2 Å². The fourth-order valence-electron chi connectivity index (χ4n) is 1.72. The number of anilines is 2. The number of esters is 1. The predicted octanol–water partition coefficient (Wildman–Crippen LogP) is 0.454. The second-order valence-corrected chi connectivity index (χ2v) is 4.91. The summed E-state index contributed by atoms with van der Waals surface area (Å²) in [6.07, 6.45) is 0.650. The zero-order chi connectivity index (χ0) is 17.5. The molecule has 0 aliphatic carbocycles. The highest BCUT2D eigenvalue weighted by Gasteiger charge is 2.11. The number of hydrogen-bond donors (Lipinski definition) is 1. The average Bonchev–Trinajstić information content (AvgIpc) is 2.57. The Morgan fingerprint density at radius 1 is 1.25 bits per heavy atom. The van der Waals surface area contributed by atoms with Crippen molar-refractivity contribution in [3.8, 4) is 5.75 Å². The van der Waals surface area contributed by atoms with Gasteiger partial charge in [0.1, 0.15) is 5.75 Å². The molecule has 126 valence electrons. The molecule has 1 aromatic heterocycles. The van der Waals surface area contributed by atoms with Crippen molar-refractivity contribution in [2.45, 2.75) is 6.61 Å². The van der Waals surface area contributed by atoms with E-state index >= 15 is 0 Å². The van der Waals surface area contributed by atoms with Crippen LogP contribution in [-0.2, 0) is 16.1 Å². The lowest BCUT2D eigenvalue weighted by molar-refractivity contribution is -0.147. The predicted molar refractivity (Wildman–Crippen MR) is 85.7 cm³/mol. The Hall–Kier alpha value is -3.23. The first kappa shape index (κ1) is 17.1. The number of ether oxygens (including phenoxy) is 2. The van der Waals surface area contributed by atoms with Gasteiger partial charge in [-0.05, 0) is 12.1 Å². The lowest BCUT2D eigenvalue weighted by Gasteiger charge is -2.12. The minimum Gasteiger partial charge on any atom is -0.481 e. The highest BCUT2D eigenvalue weighted by molar-refractivity contribution is 5.79. The van der Waals surface area contributed by atoms with Crippen LogP contribution >= 0.6 is 0 Å². The zero-order valence-corrected chi connectivity index (χ0v) is 13.3. The first-order valence-electron chi connectivity index (χ1n) is 7.00. The van der Waals surface area contributed by atoms with Gasteiger partial charge in [-0.3, -0.25) is 4.79 Å². The lowest BCUT2D eigenvalue weighted by Crippen LogP contribution is -2.19. The van der Waals surface area contributed by atoms with Crippen molar-refractivity contribution in [2.75, 3.05) is 31.3 Å². The SMILES string of the molecule is CN(C)c1nc(N)nc(COC(=O)COc2ccccc2C=O)n1. The first-order valence-corrected chi connectivity index (χ1v) is 7.00. The number of aromatic nitrogens is 3. The third-order valence-corrected chi connectivity index (χ3v) is 2.84. The summed E-state index contributed by atoms with van der Waals surface area (Å²) in [6.45, 7) is -0.503. The monoisotopic (exact) mass is 331 g/mol. The molecule has 0 aliphatic rings. The maximum absolute atomic E-state index is 11.7. The second-order valence-electron chi connectivity index (χ2n) is 4.91. The van der Waals surface area contributed by atoms with Gasteiger partial charge >= 0.3 is 5.97 Å². The van der Waals surface area contributed by atoms with Gasteiger partial charge in [0.2, 0.25) is 11.9 Å². The van der Waals surface area contributed by atoms with Crippen LogP contribution in [0.2, 0.25) is 0 Å². The molecule has 0 saturated carbocycles. The van der Waals surface area contributed by atoms with E-state index in [9.17, 15) is 9.59 Å². The summed E-state index contributed by atoms with van der Waals surface area (Å²) in [5.74, 6) is 0.318. The summed E-state index contributed by atoms with van der Waals surface area (Å²) in [5, 5.41) is 0. The van der Waals surface area contributed by atoms with Crippen LogP contribution in [0.15, 0.2) is 24.3 Å². The maximum Gasteiger partial charge on any atom is 0.344 e. The molecule has 2 aromatic rings. The van der Waals surface area contributed by atoms with Crippen molar-refractivity contribution in [1.29, 1.82) is 0 Å². The van der Waals surface area contributed by atoms with Crippen LogP contribution < -0.4 is 15.4 Å². The average molecular weight is 331 g/mol. The minimum atomic E-state index is -0.624. The molecule has 1 aromatic carbocycles. The van der Waals surface area contributed by atoms with Gasteiger partial charge in [-0.25, -0.2) is 4.79 Å². The Balaban J connectivity index is 1.90. The molecule has 0 spiro atoms. The summed E-state index contributed by atoms with van der Waals surface area (Å²) in [7, 11) is 3.51. The molecule has 0 bridgehead atoms. The van der Waals surface area contributed by atoms with Gasteiger partial charge in [0.25, 0.3) is 0 Å². The summed E-state index contributed by atoms with van der Waals surface area (Å²) in [6, 6.07) is 6.57. The molecule has 2 N–H and O–H groups in total. The van der Waals surface area contributed by atoms with Crippen molar-refractivity contribution in [2.24, 2.45) is 0 Å². The fraction of sp³-hybridized carbons (Fsp3) is 0.267. The van der Waals surface area contributed by atoms with E-state index in [1.807, 2.05) is 0 Å². The smallest absolute Gasteiger partial charge is 0.344 e. The molecule has 0 aliphatic heterocycles. The molecule has 0 atom stereocenters. The van der Waals surface area contributed by atoms with Crippen LogP contribution in [0.5, 0.6) is 5.75 Å². The van der Waals surface area contributed by atoms with Gasteiger partial charge in [0.05, 0.1) is 5.56 Å². The van der Waals surface area contributed by atoms with Gasteiger partial charge in [0, 0.05) is 14.1 Å². The second kappa shape index (κ2) is 7.86. The van der Waals surface area contributed by atoms with E-state index in [0.29, 0.717) is 23.5 Å². The van der Waals surface area contributed by atoms with E-state index in [-0.39, 0.29) is 25.0 Å². The Morgan fingerprint density at radius 3 is 2.71 bits per heavy atom. The molecule has 0 saturated heterocycles. The lowest BCUT2D eigenvalue weighted by atomic mass is 10.2. The molecule has 1 heterocycles. The van der Waals surface area contributed by atoms with Crippen LogP contribution in [0.4, 0.5) is 11.9 Å². The third kappa shape index (κ3) is 4.63. The number of nitrogens with two attached hydrogens (primary N) is 1. The normalized spacial score (nSPS) is 10.1. The molecule has 0 fully saturated rings.